The molecule has 0 bridgehead atoms. The molecule has 0 aromatic carbocycles. The minimum absolute atomic E-state index is 0. The molecule has 1 atom stereocenters. The number of rotatable bonds is 1. The molecule has 1 unspecified atom stereocenters. The van der Waals surface area contributed by atoms with E-state index >= 15 is 0 Å². The highest BCUT2D eigenvalue weighted by molar-refractivity contribution is 5.92. The van der Waals surface area contributed by atoms with Crippen LogP contribution in [0.5, 0.6) is 0 Å². The lowest BCUT2D eigenvalue weighted by Crippen LogP contribution is -2.52. The number of halogens is 1. The molecule has 16 heavy (non-hydrogen) atoms. The fraction of sp³-hybridized carbons (Fsp3) is 0.500. The molecule has 0 spiro atoms. The van der Waals surface area contributed by atoms with Gasteiger partial charge in [0.05, 0.1) is 6.20 Å². The highest BCUT2D eigenvalue weighted by atomic mass is 35.5. The van der Waals surface area contributed by atoms with Crippen molar-refractivity contribution in [2.75, 3.05) is 19.6 Å². The fourth-order valence-electron chi connectivity index (χ4n) is 1.70. The highest BCUT2D eigenvalue weighted by Crippen LogP contribution is 2.07. The van der Waals surface area contributed by atoms with E-state index in [1.165, 1.54) is 6.20 Å². The molecule has 1 N–H and O–H groups in total. The molecular weight excluding hydrogens is 228 g/mol. The Kier molecular flexibility index (Phi) is 4.64. The lowest BCUT2D eigenvalue weighted by atomic mass is 10.2. The summed E-state index contributed by atoms with van der Waals surface area (Å²) in [5.41, 5.74) is 0.422. The summed E-state index contributed by atoms with van der Waals surface area (Å²) in [6.45, 7) is 4.44. The SMILES string of the molecule is CC1CNCCN1C(=O)c1cnccn1.Cl. The van der Waals surface area contributed by atoms with Crippen LogP contribution in [-0.4, -0.2) is 46.5 Å². The van der Waals surface area contributed by atoms with Crippen LogP contribution in [0.15, 0.2) is 18.6 Å². The van der Waals surface area contributed by atoms with Crippen LogP contribution in [-0.2, 0) is 0 Å². The van der Waals surface area contributed by atoms with Gasteiger partial charge in [0, 0.05) is 38.1 Å². The van der Waals surface area contributed by atoms with E-state index in [2.05, 4.69) is 15.3 Å². The highest BCUT2D eigenvalue weighted by Gasteiger charge is 2.24. The maximum atomic E-state index is 12.0. The van der Waals surface area contributed by atoms with Crippen molar-refractivity contribution in [2.24, 2.45) is 0 Å². The summed E-state index contributed by atoms with van der Waals surface area (Å²) in [6.07, 6.45) is 4.62. The van der Waals surface area contributed by atoms with Crippen LogP contribution in [0, 0.1) is 0 Å². The average Bonchev–Trinajstić information content (AvgIpc) is 2.30. The van der Waals surface area contributed by atoms with Crippen molar-refractivity contribution < 1.29 is 4.79 Å². The third-order valence-corrected chi connectivity index (χ3v) is 2.54. The summed E-state index contributed by atoms with van der Waals surface area (Å²) in [4.78, 5) is 21.8. The Morgan fingerprint density at radius 2 is 2.38 bits per heavy atom. The average molecular weight is 243 g/mol. The maximum absolute atomic E-state index is 12.0. The van der Waals surface area contributed by atoms with Crippen molar-refractivity contribution in [3.8, 4) is 0 Å². The predicted octanol–water partition coefficient (Wildman–Crippen LogP) is 0.332. The minimum atomic E-state index is -0.0305. The van der Waals surface area contributed by atoms with Crippen LogP contribution in [0.25, 0.3) is 0 Å². The number of amides is 1. The normalized spacial score (nSPS) is 20.1. The molecule has 5 nitrogen and oxygen atoms in total. The summed E-state index contributed by atoms with van der Waals surface area (Å²) in [7, 11) is 0. The first-order valence-corrected chi connectivity index (χ1v) is 5.07. The monoisotopic (exact) mass is 242 g/mol. The lowest BCUT2D eigenvalue weighted by molar-refractivity contribution is 0.0649. The minimum Gasteiger partial charge on any atom is -0.332 e. The quantitative estimate of drug-likeness (QED) is 0.771. The molecule has 1 amide bonds. The molecule has 1 aliphatic rings. The number of carbonyl (C=O) groups is 1. The van der Waals surface area contributed by atoms with Gasteiger partial charge < -0.3 is 10.2 Å². The first-order valence-electron chi connectivity index (χ1n) is 5.07. The molecule has 2 rings (SSSR count). The number of hydrogen-bond donors (Lipinski definition) is 1. The van der Waals surface area contributed by atoms with Gasteiger partial charge in [-0.3, -0.25) is 9.78 Å². The van der Waals surface area contributed by atoms with Crippen molar-refractivity contribution in [1.82, 2.24) is 20.2 Å². The second-order valence-electron chi connectivity index (χ2n) is 3.64. The van der Waals surface area contributed by atoms with Crippen molar-refractivity contribution in [2.45, 2.75) is 13.0 Å². The Labute approximate surface area is 101 Å². The van der Waals surface area contributed by atoms with Gasteiger partial charge in [0.25, 0.3) is 5.91 Å². The number of piperazine rings is 1. The number of carbonyl (C=O) groups excluding carboxylic acids is 1. The summed E-state index contributed by atoms with van der Waals surface area (Å²) in [6, 6.07) is 0.216. The van der Waals surface area contributed by atoms with Gasteiger partial charge in [0.2, 0.25) is 0 Å². The van der Waals surface area contributed by atoms with Gasteiger partial charge in [-0.2, -0.15) is 0 Å². The van der Waals surface area contributed by atoms with E-state index in [1.807, 2.05) is 11.8 Å². The lowest BCUT2D eigenvalue weighted by Gasteiger charge is -2.33. The topological polar surface area (TPSA) is 58.1 Å². The van der Waals surface area contributed by atoms with E-state index < -0.39 is 0 Å². The third kappa shape index (κ3) is 2.68. The van der Waals surface area contributed by atoms with Crippen LogP contribution in [0.1, 0.15) is 17.4 Å². The Bertz CT molecular complexity index is 346. The predicted molar refractivity (Wildman–Crippen MR) is 62.6 cm³/mol. The molecular formula is C10H15ClN4O. The maximum Gasteiger partial charge on any atom is 0.274 e. The van der Waals surface area contributed by atoms with Crippen molar-refractivity contribution in [3.05, 3.63) is 24.3 Å². The number of nitrogens with zero attached hydrogens (tertiary/aromatic N) is 3. The Morgan fingerprint density at radius 1 is 1.56 bits per heavy atom. The summed E-state index contributed by atoms with van der Waals surface area (Å²) in [5.74, 6) is -0.0305. The number of aromatic nitrogens is 2. The van der Waals surface area contributed by atoms with Gasteiger partial charge >= 0.3 is 0 Å². The van der Waals surface area contributed by atoms with E-state index in [-0.39, 0.29) is 24.4 Å². The summed E-state index contributed by atoms with van der Waals surface area (Å²) < 4.78 is 0. The zero-order chi connectivity index (χ0) is 10.7. The molecule has 0 saturated carbocycles. The molecule has 0 radical (unpaired) electrons. The second-order valence-corrected chi connectivity index (χ2v) is 3.64. The first-order chi connectivity index (χ1) is 7.29. The van der Waals surface area contributed by atoms with E-state index in [4.69, 9.17) is 0 Å². The van der Waals surface area contributed by atoms with Gasteiger partial charge in [0.15, 0.2) is 0 Å². The molecule has 1 aliphatic heterocycles. The first kappa shape index (κ1) is 12.9. The number of nitrogens with one attached hydrogen (secondary N) is 1. The smallest absolute Gasteiger partial charge is 0.274 e. The van der Waals surface area contributed by atoms with E-state index in [1.54, 1.807) is 12.4 Å². The van der Waals surface area contributed by atoms with Gasteiger partial charge in [0.1, 0.15) is 5.69 Å². The molecule has 1 aromatic heterocycles. The molecule has 6 heteroatoms. The van der Waals surface area contributed by atoms with Gasteiger partial charge in [-0.25, -0.2) is 4.98 Å². The Hall–Kier alpha value is -1.20. The Balaban J connectivity index is 0.00000128. The van der Waals surface area contributed by atoms with E-state index in [9.17, 15) is 4.79 Å². The molecule has 88 valence electrons. The summed E-state index contributed by atoms with van der Waals surface area (Å²) in [5, 5.41) is 3.24. The van der Waals surface area contributed by atoms with Gasteiger partial charge in [-0.15, -0.1) is 12.4 Å². The van der Waals surface area contributed by atoms with Crippen molar-refractivity contribution >= 4 is 18.3 Å². The molecule has 1 aromatic rings. The fourth-order valence-corrected chi connectivity index (χ4v) is 1.70. The van der Waals surface area contributed by atoms with Crippen molar-refractivity contribution in [3.63, 3.8) is 0 Å². The van der Waals surface area contributed by atoms with Crippen molar-refractivity contribution in [1.29, 1.82) is 0 Å². The molecule has 0 aliphatic carbocycles. The van der Waals surface area contributed by atoms with Crippen LogP contribution in [0.3, 0.4) is 0 Å². The van der Waals surface area contributed by atoms with Crippen LogP contribution >= 0.6 is 12.4 Å². The zero-order valence-corrected chi connectivity index (χ0v) is 9.91. The molecule has 1 fully saturated rings. The third-order valence-electron chi connectivity index (χ3n) is 2.54. The largest absolute Gasteiger partial charge is 0.332 e. The number of hydrogen-bond acceptors (Lipinski definition) is 4. The molecule has 1 saturated heterocycles. The van der Waals surface area contributed by atoms with Crippen LogP contribution in [0.2, 0.25) is 0 Å². The van der Waals surface area contributed by atoms with Crippen LogP contribution < -0.4 is 5.32 Å². The molecule has 2 heterocycles. The van der Waals surface area contributed by atoms with Crippen LogP contribution in [0.4, 0.5) is 0 Å². The van der Waals surface area contributed by atoms with Gasteiger partial charge in [-0.1, -0.05) is 0 Å². The standard InChI is InChI=1S/C10H14N4O.ClH/c1-8-6-12-4-5-14(8)10(15)9-7-11-2-3-13-9;/h2-3,7-8,12H,4-6H2,1H3;1H. The Morgan fingerprint density at radius 3 is 3.00 bits per heavy atom. The second kappa shape index (κ2) is 5.77. The summed E-state index contributed by atoms with van der Waals surface area (Å²) >= 11 is 0. The van der Waals surface area contributed by atoms with E-state index in [0.717, 1.165) is 19.6 Å². The van der Waals surface area contributed by atoms with E-state index in [0.29, 0.717) is 5.69 Å². The van der Waals surface area contributed by atoms with Gasteiger partial charge in [-0.05, 0) is 6.92 Å². The zero-order valence-electron chi connectivity index (χ0n) is 9.09.